The quantitative estimate of drug-likeness (QED) is 0.0804. The smallest absolute Gasteiger partial charge is 0.407 e. The van der Waals surface area contributed by atoms with Gasteiger partial charge in [0.2, 0.25) is 5.91 Å². The third-order valence-corrected chi connectivity index (χ3v) is 13.3. The van der Waals surface area contributed by atoms with Crippen LogP contribution in [0.3, 0.4) is 0 Å². The molecule has 1 aliphatic rings. The number of nitrogens with zero attached hydrogens (tertiary/aromatic N) is 2. The molecule has 0 radical (unpaired) electrons. The number of nitrogens with one attached hydrogen (secondary N) is 2. The van der Waals surface area contributed by atoms with E-state index in [4.69, 9.17) is 4.74 Å². The van der Waals surface area contributed by atoms with Gasteiger partial charge in [-0.25, -0.2) is 9.59 Å². The normalized spacial score (nSPS) is 16.2. The topological polar surface area (TPSA) is 111 Å². The molecule has 0 spiro atoms. The number of hydrogen-bond acceptors (Lipinski definition) is 8. The number of benzene rings is 4. The number of carbonyl (C=O) groups is 3. The van der Waals surface area contributed by atoms with E-state index in [-0.39, 0.29) is 23.9 Å². The molecule has 4 atom stereocenters. The van der Waals surface area contributed by atoms with Crippen molar-refractivity contribution in [3.8, 4) is 0 Å². The molecule has 0 aromatic heterocycles. The Bertz CT molecular complexity index is 1850. The summed E-state index contributed by atoms with van der Waals surface area (Å²) in [7, 11) is 2.09. The first kappa shape index (κ1) is 45.8. The highest BCUT2D eigenvalue weighted by atomic mass is 32.2. The number of alkyl carbamates (subject to hydrolysis) is 1. The molecule has 1 heterocycles. The van der Waals surface area contributed by atoms with Crippen molar-refractivity contribution >= 4 is 41.5 Å². The number of carboxylic acids is 1. The van der Waals surface area contributed by atoms with E-state index in [0.717, 1.165) is 22.3 Å². The van der Waals surface area contributed by atoms with Gasteiger partial charge in [-0.05, 0) is 86.4 Å². The van der Waals surface area contributed by atoms with Crippen molar-refractivity contribution in [3.05, 3.63) is 143 Å². The number of carbonyl (C=O) groups excluding carboxylic acids is 2. The highest BCUT2D eigenvalue weighted by Crippen LogP contribution is 2.48. The molecule has 9 nitrogen and oxygen atoms in total. The largest absolute Gasteiger partial charge is 0.480 e. The van der Waals surface area contributed by atoms with Gasteiger partial charge >= 0.3 is 12.1 Å². The molecule has 0 bridgehead atoms. The third kappa shape index (κ3) is 12.4. The molecule has 0 aliphatic carbocycles. The molecular weight excluding hydrogens is 777 g/mol. The van der Waals surface area contributed by atoms with E-state index in [1.165, 1.54) is 5.56 Å². The molecule has 0 saturated heterocycles. The Kier molecular flexibility index (Phi) is 16.5. The van der Waals surface area contributed by atoms with Crippen LogP contribution in [-0.2, 0) is 32.0 Å². The Labute approximate surface area is 360 Å². The number of aliphatic carboxylic acids is 1. The standard InChI is InChI=1S/C48H62N4O5S2/c1-34(2)43(32-52-30-36-20-18-17-19-35(36)29-42(52)44(53)50-41(45(54)55)27-28-58-7)51(6)31-40(49-46(56)57-47(3,4)5)33-59-48(37-21-11-8-12-22-37,38-23-13-9-14-24-38)39-25-15-10-16-26-39/h8-26,34,40-43H,27-33H2,1-7H3,(H,49,56)(H,50,53)(H,54,55)/t40-,41+,42+,43+/m1/s1. The fourth-order valence-electron chi connectivity index (χ4n) is 7.98. The molecule has 0 fully saturated rings. The van der Waals surface area contributed by atoms with Crippen LogP contribution in [0.4, 0.5) is 4.79 Å². The van der Waals surface area contributed by atoms with Gasteiger partial charge in [-0.2, -0.15) is 11.8 Å². The summed E-state index contributed by atoms with van der Waals surface area (Å²) < 4.78 is 5.25. The van der Waals surface area contributed by atoms with Gasteiger partial charge in [-0.3, -0.25) is 14.6 Å². The average molecular weight is 839 g/mol. The van der Waals surface area contributed by atoms with Crippen LogP contribution in [0.25, 0.3) is 0 Å². The summed E-state index contributed by atoms with van der Waals surface area (Å²) in [5.41, 5.74) is 5.01. The zero-order valence-corrected chi connectivity index (χ0v) is 37.2. The number of thioether (sulfide) groups is 2. The fourth-order valence-corrected chi connectivity index (χ4v) is 10.00. The number of carboxylic acid groups (broad SMARTS) is 1. The van der Waals surface area contributed by atoms with Crippen molar-refractivity contribution in [1.29, 1.82) is 0 Å². The zero-order valence-electron chi connectivity index (χ0n) is 35.6. The number of likely N-dealkylation sites (N-methyl/N-ethyl adjacent to an activating group) is 1. The molecule has 5 rings (SSSR count). The van der Waals surface area contributed by atoms with E-state index < -0.39 is 34.5 Å². The van der Waals surface area contributed by atoms with Crippen molar-refractivity contribution in [2.24, 2.45) is 5.92 Å². The van der Waals surface area contributed by atoms with Gasteiger partial charge in [0.05, 0.1) is 16.8 Å². The molecule has 11 heteroatoms. The average Bonchev–Trinajstić information content (AvgIpc) is 3.21. The predicted molar refractivity (Wildman–Crippen MR) is 243 cm³/mol. The molecule has 4 aromatic rings. The summed E-state index contributed by atoms with van der Waals surface area (Å²) >= 11 is 3.36. The second-order valence-corrected chi connectivity index (χ2v) is 19.0. The number of ether oxygens (including phenoxy) is 1. The van der Waals surface area contributed by atoms with Crippen LogP contribution in [0.5, 0.6) is 0 Å². The first-order chi connectivity index (χ1) is 28.2. The van der Waals surface area contributed by atoms with E-state index in [1.807, 2.05) is 57.4 Å². The third-order valence-electron chi connectivity index (χ3n) is 10.9. The minimum Gasteiger partial charge on any atom is -0.480 e. The highest BCUT2D eigenvalue weighted by Gasteiger charge is 2.40. The summed E-state index contributed by atoms with van der Waals surface area (Å²) in [6.07, 6.45) is 2.31. The molecule has 0 unspecified atom stereocenters. The van der Waals surface area contributed by atoms with Crippen LogP contribution in [-0.4, -0.2) is 101 Å². The second-order valence-electron chi connectivity index (χ2n) is 16.8. The van der Waals surface area contributed by atoms with Gasteiger partial charge in [0.1, 0.15) is 11.6 Å². The van der Waals surface area contributed by atoms with Crippen molar-refractivity contribution in [3.63, 3.8) is 0 Å². The van der Waals surface area contributed by atoms with Crippen molar-refractivity contribution in [2.75, 3.05) is 37.9 Å². The fraction of sp³-hybridized carbons (Fsp3) is 0.438. The lowest BCUT2D eigenvalue weighted by atomic mass is 9.84. The van der Waals surface area contributed by atoms with Gasteiger partial charge in [-0.15, -0.1) is 11.8 Å². The van der Waals surface area contributed by atoms with Crippen molar-refractivity contribution in [2.45, 2.75) is 88.5 Å². The van der Waals surface area contributed by atoms with Gasteiger partial charge in [0.25, 0.3) is 0 Å². The first-order valence-corrected chi connectivity index (χ1v) is 22.9. The van der Waals surface area contributed by atoms with Gasteiger partial charge in [-0.1, -0.05) is 129 Å². The molecule has 3 N–H and O–H groups in total. The molecule has 0 saturated carbocycles. The molecule has 4 aromatic carbocycles. The highest BCUT2D eigenvalue weighted by molar-refractivity contribution is 8.00. The molecule has 1 aliphatic heterocycles. The molecular formula is C48H62N4O5S2. The Morgan fingerprint density at radius 1 is 0.831 bits per heavy atom. The lowest BCUT2D eigenvalue weighted by Crippen LogP contribution is -2.58. The second kappa shape index (κ2) is 21.3. The number of fused-ring (bicyclic) bond motifs is 1. The summed E-state index contributed by atoms with van der Waals surface area (Å²) in [4.78, 5) is 44.3. The minimum absolute atomic E-state index is 0.0163. The molecule has 316 valence electrons. The van der Waals surface area contributed by atoms with E-state index >= 15 is 0 Å². The van der Waals surface area contributed by atoms with Crippen LogP contribution in [0.2, 0.25) is 0 Å². The zero-order chi connectivity index (χ0) is 42.6. The summed E-state index contributed by atoms with van der Waals surface area (Å²) in [6.45, 7) is 11.6. The summed E-state index contributed by atoms with van der Waals surface area (Å²) in [5.74, 6) is 0.0857. The van der Waals surface area contributed by atoms with Crippen LogP contribution in [0, 0.1) is 5.92 Å². The monoisotopic (exact) mass is 838 g/mol. The van der Waals surface area contributed by atoms with Gasteiger partial charge in [0.15, 0.2) is 0 Å². The van der Waals surface area contributed by atoms with Crippen LogP contribution >= 0.6 is 23.5 Å². The maximum absolute atomic E-state index is 14.1. The van der Waals surface area contributed by atoms with Crippen molar-refractivity contribution < 1.29 is 24.2 Å². The first-order valence-electron chi connectivity index (χ1n) is 20.5. The Balaban J connectivity index is 1.46. The van der Waals surface area contributed by atoms with Crippen molar-refractivity contribution in [1.82, 2.24) is 20.4 Å². The molecule has 2 amide bonds. The Hall–Kier alpha value is -4.29. The maximum Gasteiger partial charge on any atom is 0.407 e. The van der Waals surface area contributed by atoms with Gasteiger partial charge < -0.3 is 20.5 Å². The van der Waals surface area contributed by atoms with Crippen LogP contribution in [0.15, 0.2) is 115 Å². The van der Waals surface area contributed by atoms with E-state index in [9.17, 15) is 19.5 Å². The lowest BCUT2D eigenvalue weighted by molar-refractivity contribution is -0.143. The molecule has 59 heavy (non-hydrogen) atoms. The minimum atomic E-state index is -1.02. The number of rotatable bonds is 19. The van der Waals surface area contributed by atoms with E-state index in [0.29, 0.717) is 44.0 Å². The number of amides is 2. The van der Waals surface area contributed by atoms with Gasteiger partial charge in [0, 0.05) is 31.4 Å². The SMILES string of the molecule is CSCC[C@H](NC(=O)[C@@H]1Cc2ccccc2CN1C[C@@H](C(C)C)N(C)C[C@H](CSC(c1ccccc1)(c1ccccc1)c1ccccc1)NC(=O)OC(C)(C)C)C(=O)O. The summed E-state index contributed by atoms with van der Waals surface area (Å²) in [5, 5.41) is 16.1. The van der Waals surface area contributed by atoms with E-state index in [2.05, 4.69) is 126 Å². The number of hydrogen-bond donors (Lipinski definition) is 3. The lowest BCUT2D eigenvalue weighted by Gasteiger charge is -2.42. The maximum atomic E-state index is 14.1. The van der Waals surface area contributed by atoms with E-state index in [1.54, 1.807) is 23.5 Å². The van der Waals surface area contributed by atoms with Crippen LogP contribution < -0.4 is 10.6 Å². The van der Waals surface area contributed by atoms with Crippen LogP contribution in [0.1, 0.15) is 68.9 Å². The Morgan fingerprint density at radius 2 is 1.36 bits per heavy atom. The predicted octanol–water partition coefficient (Wildman–Crippen LogP) is 8.31. The summed E-state index contributed by atoms with van der Waals surface area (Å²) in [6, 6.07) is 38.0. The Morgan fingerprint density at radius 3 is 1.85 bits per heavy atom.